The van der Waals surface area contributed by atoms with Crippen LogP contribution in [0, 0.1) is 0 Å². The van der Waals surface area contributed by atoms with Crippen molar-refractivity contribution in [3.8, 4) is 0 Å². The van der Waals surface area contributed by atoms with Crippen molar-refractivity contribution in [1.29, 1.82) is 0 Å². The van der Waals surface area contributed by atoms with Crippen LogP contribution in [0.5, 0.6) is 0 Å². The first-order valence-corrected chi connectivity index (χ1v) is 7.67. The van der Waals surface area contributed by atoms with E-state index < -0.39 is 17.1 Å². The maximum absolute atomic E-state index is 12.1. The first-order chi connectivity index (χ1) is 10.1. The molecular formula is C15H26N2O5. The third-order valence-corrected chi connectivity index (χ3v) is 4.08. The van der Waals surface area contributed by atoms with Gasteiger partial charge < -0.3 is 19.5 Å². The number of hydrogen-bond donors (Lipinski definition) is 1. The summed E-state index contributed by atoms with van der Waals surface area (Å²) in [6.07, 6.45) is -0.356. The molecule has 0 spiro atoms. The van der Waals surface area contributed by atoms with Crippen LogP contribution in [0.4, 0.5) is 4.79 Å². The molecule has 126 valence electrons. The fourth-order valence-corrected chi connectivity index (χ4v) is 3.23. The molecule has 1 unspecified atom stereocenters. The fraction of sp³-hybridized carbons (Fsp3) is 0.867. The lowest BCUT2D eigenvalue weighted by Crippen LogP contribution is -2.74. The molecule has 2 aliphatic heterocycles. The number of carbonyl (C=O) groups excluding carboxylic acids is 1. The van der Waals surface area contributed by atoms with E-state index >= 15 is 0 Å². The molecule has 2 rings (SSSR count). The second-order valence-electron chi connectivity index (χ2n) is 7.25. The second-order valence-corrected chi connectivity index (χ2v) is 7.25. The van der Waals surface area contributed by atoms with Crippen molar-refractivity contribution in [2.75, 3.05) is 32.8 Å². The van der Waals surface area contributed by atoms with Gasteiger partial charge in [-0.25, -0.2) is 4.79 Å². The van der Waals surface area contributed by atoms with Gasteiger partial charge in [0.2, 0.25) is 0 Å². The molecule has 0 bridgehead atoms. The molecule has 2 fully saturated rings. The maximum Gasteiger partial charge on any atom is 0.410 e. The SMILES string of the molecule is CC1COCCN1C1(CC(=O)O)CN(C(=O)OC(C)(C)C)C1. The number of carboxylic acids is 1. The smallest absolute Gasteiger partial charge is 0.410 e. The van der Waals surface area contributed by atoms with E-state index in [0.717, 1.165) is 0 Å². The van der Waals surface area contributed by atoms with Crippen LogP contribution in [-0.4, -0.2) is 77.0 Å². The van der Waals surface area contributed by atoms with E-state index in [1.54, 1.807) is 4.90 Å². The van der Waals surface area contributed by atoms with Gasteiger partial charge in [0.05, 0.1) is 25.2 Å². The van der Waals surface area contributed by atoms with E-state index in [0.29, 0.717) is 32.8 Å². The largest absolute Gasteiger partial charge is 0.481 e. The summed E-state index contributed by atoms with van der Waals surface area (Å²) in [4.78, 5) is 27.1. The predicted molar refractivity (Wildman–Crippen MR) is 79.8 cm³/mol. The van der Waals surface area contributed by atoms with Crippen molar-refractivity contribution in [2.24, 2.45) is 0 Å². The Kier molecular flexibility index (Phi) is 4.67. The van der Waals surface area contributed by atoms with Gasteiger partial charge in [-0.05, 0) is 27.7 Å². The summed E-state index contributed by atoms with van der Waals surface area (Å²) in [5, 5.41) is 9.25. The molecule has 1 amide bonds. The number of rotatable bonds is 3. The Bertz CT molecular complexity index is 440. The number of amides is 1. The standard InChI is InChI=1S/C15H26N2O5/c1-11-8-21-6-5-17(11)15(7-12(18)19)9-16(10-15)13(20)22-14(2,3)4/h11H,5-10H2,1-4H3,(H,18,19). The van der Waals surface area contributed by atoms with Crippen LogP contribution in [0.1, 0.15) is 34.1 Å². The van der Waals surface area contributed by atoms with Gasteiger partial charge in [0.15, 0.2) is 0 Å². The van der Waals surface area contributed by atoms with Crippen LogP contribution in [0.25, 0.3) is 0 Å². The number of carbonyl (C=O) groups is 2. The summed E-state index contributed by atoms with van der Waals surface area (Å²) < 4.78 is 10.8. The number of nitrogens with zero attached hydrogens (tertiary/aromatic N) is 2. The zero-order valence-corrected chi connectivity index (χ0v) is 13.8. The van der Waals surface area contributed by atoms with E-state index in [1.165, 1.54) is 0 Å². The Morgan fingerprint density at radius 3 is 2.50 bits per heavy atom. The quantitative estimate of drug-likeness (QED) is 0.842. The number of carboxylic acid groups (broad SMARTS) is 1. The first-order valence-electron chi connectivity index (χ1n) is 7.67. The van der Waals surface area contributed by atoms with Gasteiger partial charge in [-0.1, -0.05) is 0 Å². The monoisotopic (exact) mass is 314 g/mol. The Balaban J connectivity index is 2.05. The highest BCUT2D eigenvalue weighted by Gasteiger charge is 2.53. The normalized spacial score (nSPS) is 25.5. The fourth-order valence-electron chi connectivity index (χ4n) is 3.23. The minimum Gasteiger partial charge on any atom is -0.481 e. The highest BCUT2D eigenvalue weighted by molar-refractivity contribution is 5.73. The molecular weight excluding hydrogens is 288 g/mol. The summed E-state index contributed by atoms with van der Waals surface area (Å²) in [5.41, 5.74) is -1.06. The average Bonchev–Trinajstić information content (AvgIpc) is 2.31. The van der Waals surface area contributed by atoms with Gasteiger partial charge >= 0.3 is 12.1 Å². The van der Waals surface area contributed by atoms with Crippen LogP contribution in [0.3, 0.4) is 0 Å². The van der Waals surface area contributed by atoms with Crippen molar-refractivity contribution in [1.82, 2.24) is 9.80 Å². The van der Waals surface area contributed by atoms with Gasteiger partial charge in [-0.15, -0.1) is 0 Å². The summed E-state index contributed by atoms with van der Waals surface area (Å²) >= 11 is 0. The zero-order valence-electron chi connectivity index (χ0n) is 13.8. The lowest BCUT2D eigenvalue weighted by Gasteiger charge is -2.57. The van der Waals surface area contributed by atoms with E-state index in [2.05, 4.69) is 4.90 Å². The van der Waals surface area contributed by atoms with Crippen molar-refractivity contribution >= 4 is 12.1 Å². The number of hydrogen-bond acceptors (Lipinski definition) is 5. The summed E-state index contributed by atoms with van der Waals surface area (Å²) in [6, 6.07) is 0.147. The van der Waals surface area contributed by atoms with Gasteiger partial charge in [0.1, 0.15) is 5.60 Å². The Morgan fingerprint density at radius 1 is 1.36 bits per heavy atom. The molecule has 7 heteroatoms. The molecule has 0 radical (unpaired) electrons. The molecule has 2 heterocycles. The van der Waals surface area contributed by atoms with Crippen LogP contribution in [0.2, 0.25) is 0 Å². The highest BCUT2D eigenvalue weighted by Crippen LogP contribution is 2.35. The first kappa shape index (κ1) is 17.0. The molecule has 0 aromatic rings. The number of morpholine rings is 1. The summed E-state index contributed by atoms with van der Waals surface area (Å²) in [5.74, 6) is -0.845. The minimum atomic E-state index is -0.845. The molecule has 1 atom stereocenters. The topological polar surface area (TPSA) is 79.3 Å². The molecule has 2 aliphatic rings. The summed E-state index contributed by atoms with van der Waals surface area (Å²) in [6.45, 7) is 10.1. The van der Waals surface area contributed by atoms with Crippen molar-refractivity contribution < 1.29 is 24.2 Å². The zero-order chi connectivity index (χ0) is 16.5. The number of likely N-dealkylation sites (tertiary alicyclic amines) is 1. The third-order valence-electron chi connectivity index (χ3n) is 4.08. The van der Waals surface area contributed by atoms with Gasteiger partial charge in [-0.2, -0.15) is 0 Å². The lowest BCUT2D eigenvalue weighted by atomic mass is 9.83. The second kappa shape index (κ2) is 6.04. The molecule has 22 heavy (non-hydrogen) atoms. The van der Waals surface area contributed by atoms with Gasteiger partial charge in [0, 0.05) is 25.7 Å². The van der Waals surface area contributed by atoms with Crippen molar-refractivity contribution in [3.63, 3.8) is 0 Å². The van der Waals surface area contributed by atoms with E-state index in [4.69, 9.17) is 9.47 Å². The van der Waals surface area contributed by atoms with Crippen LogP contribution >= 0.6 is 0 Å². The Labute approximate surface area is 131 Å². The average molecular weight is 314 g/mol. The van der Waals surface area contributed by atoms with E-state index in [1.807, 2.05) is 27.7 Å². The molecule has 1 N–H and O–H groups in total. The van der Waals surface area contributed by atoms with Crippen molar-refractivity contribution in [3.05, 3.63) is 0 Å². The van der Waals surface area contributed by atoms with E-state index in [9.17, 15) is 14.7 Å². The maximum atomic E-state index is 12.1. The minimum absolute atomic E-state index is 0.0244. The number of aliphatic carboxylic acids is 1. The Hall–Kier alpha value is -1.34. The van der Waals surface area contributed by atoms with E-state index in [-0.39, 0.29) is 18.6 Å². The van der Waals surface area contributed by atoms with Crippen LogP contribution in [0.15, 0.2) is 0 Å². The lowest BCUT2D eigenvalue weighted by molar-refractivity contribution is -0.154. The molecule has 7 nitrogen and oxygen atoms in total. The number of ether oxygens (including phenoxy) is 2. The highest BCUT2D eigenvalue weighted by atomic mass is 16.6. The Morgan fingerprint density at radius 2 is 2.00 bits per heavy atom. The molecule has 0 aromatic carbocycles. The summed E-state index contributed by atoms with van der Waals surface area (Å²) in [7, 11) is 0. The predicted octanol–water partition coefficient (Wildman–Crippen LogP) is 1.17. The molecule has 0 saturated carbocycles. The third kappa shape index (κ3) is 3.70. The molecule has 0 aromatic heterocycles. The van der Waals surface area contributed by atoms with Gasteiger partial charge in [0.25, 0.3) is 0 Å². The van der Waals surface area contributed by atoms with Gasteiger partial charge in [-0.3, -0.25) is 9.69 Å². The molecule has 2 saturated heterocycles. The van der Waals surface area contributed by atoms with Crippen LogP contribution in [-0.2, 0) is 14.3 Å². The van der Waals surface area contributed by atoms with Crippen LogP contribution < -0.4 is 0 Å². The molecule has 0 aliphatic carbocycles. The van der Waals surface area contributed by atoms with Crippen molar-refractivity contribution in [2.45, 2.75) is 51.3 Å².